The summed E-state index contributed by atoms with van der Waals surface area (Å²) in [4.78, 5) is 20.9. The first-order chi connectivity index (χ1) is 9.16. The van der Waals surface area contributed by atoms with Crippen molar-refractivity contribution >= 4 is 5.91 Å². The van der Waals surface area contributed by atoms with Crippen molar-refractivity contribution in [3.8, 4) is 0 Å². The SMILES string of the molecule is CC(C)c1nc(C(=O)NOCc2ccccc2)n[nH]1. The van der Waals surface area contributed by atoms with Crippen molar-refractivity contribution in [2.45, 2.75) is 26.4 Å². The summed E-state index contributed by atoms with van der Waals surface area (Å²) >= 11 is 0. The largest absolute Gasteiger partial charge is 0.314 e. The zero-order valence-electron chi connectivity index (χ0n) is 10.9. The van der Waals surface area contributed by atoms with Crippen LogP contribution in [0.4, 0.5) is 0 Å². The molecule has 0 aliphatic rings. The van der Waals surface area contributed by atoms with E-state index in [0.717, 1.165) is 5.56 Å². The maximum Gasteiger partial charge on any atom is 0.314 e. The number of H-pyrrole nitrogens is 1. The van der Waals surface area contributed by atoms with Crippen LogP contribution < -0.4 is 5.48 Å². The molecule has 100 valence electrons. The summed E-state index contributed by atoms with van der Waals surface area (Å²) in [5, 5.41) is 6.55. The number of benzene rings is 1. The summed E-state index contributed by atoms with van der Waals surface area (Å²) in [6.07, 6.45) is 0. The smallest absolute Gasteiger partial charge is 0.269 e. The number of aromatic amines is 1. The molecular weight excluding hydrogens is 244 g/mol. The van der Waals surface area contributed by atoms with Gasteiger partial charge in [-0.05, 0) is 5.56 Å². The van der Waals surface area contributed by atoms with Gasteiger partial charge in [-0.3, -0.25) is 14.7 Å². The van der Waals surface area contributed by atoms with E-state index in [0.29, 0.717) is 12.4 Å². The summed E-state index contributed by atoms with van der Waals surface area (Å²) in [6, 6.07) is 9.56. The van der Waals surface area contributed by atoms with Gasteiger partial charge in [0.1, 0.15) is 5.82 Å². The predicted molar refractivity (Wildman–Crippen MR) is 69.2 cm³/mol. The van der Waals surface area contributed by atoms with Gasteiger partial charge in [0.15, 0.2) is 0 Å². The molecule has 1 aromatic carbocycles. The average Bonchev–Trinajstić information content (AvgIpc) is 2.89. The van der Waals surface area contributed by atoms with E-state index < -0.39 is 5.91 Å². The van der Waals surface area contributed by atoms with Gasteiger partial charge in [-0.25, -0.2) is 10.5 Å². The quantitative estimate of drug-likeness (QED) is 0.803. The van der Waals surface area contributed by atoms with Gasteiger partial charge < -0.3 is 0 Å². The Morgan fingerprint density at radius 1 is 1.37 bits per heavy atom. The van der Waals surface area contributed by atoms with E-state index in [1.165, 1.54) is 0 Å². The molecule has 0 atom stereocenters. The van der Waals surface area contributed by atoms with Gasteiger partial charge in [0.05, 0.1) is 6.61 Å². The van der Waals surface area contributed by atoms with Crippen LogP contribution in [-0.4, -0.2) is 21.1 Å². The third-order valence-electron chi connectivity index (χ3n) is 2.50. The minimum atomic E-state index is -0.459. The Morgan fingerprint density at radius 2 is 2.11 bits per heavy atom. The summed E-state index contributed by atoms with van der Waals surface area (Å²) in [5.74, 6) is 0.489. The third kappa shape index (κ3) is 3.62. The van der Waals surface area contributed by atoms with E-state index in [-0.39, 0.29) is 11.7 Å². The van der Waals surface area contributed by atoms with Crippen molar-refractivity contribution in [1.29, 1.82) is 0 Å². The first-order valence-electron chi connectivity index (χ1n) is 6.05. The van der Waals surface area contributed by atoms with Crippen LogP contribution in [0.1, 0.15) is 41.8 Å². The minimum Gasteiger partial charge on any atom is -0.269 e. The second-order valence-electron chi connectivity index (χ2n) is 4.40. The summed E-state index contributed by atoms with van der Waals surface area (Å²) < 4.78 is 0. The lowest BCUT2D eigenvalue weighted by Gasteiger charge is -2.03. The Bertz CT molecular complexity index is 537. The van der Waals surface area contributed by atoms with Crippen LogP contribution in [0, 0.1) is 0 Å². The van der Waals surface area contributed by atoms with Crippen molar-refractivity contribution in [3.63, 3.8) is 0 Å². The molecule has 0 saturated carbocycles. The molecule has 0 unspecified atom stereocenters. The maximum atomic E-state index is 11.7. The topological polar surface area (TPSA) is 79.9 Å². The lowest BCUT2D eigenvalue weighted by atomic mass is 10.2. The molecule has 2 aromatic rings. The monoisotopic (exact) mass is 260 g/mol. The van der Waals surface area contributed by atoms with Crippen LogP contribution >= 0.6 is 0 Å². The number of nitrogens with zero attached hydrogens (tertiary/aromatic N) is 2. The van der Waals surface area contributed by atoms with Gasteiger partial charge in [0.25, 0.3) is 0 Å². The molecule has 6 heteroatoms. The Kier molecular flexibility index (Phi) is 4.25. The number of hydroxylamine groups is 1. The van der Waals surface area contributed by atoms with Crippen LogP contribution in [0.15, 0.2) is 30.3 Å². The lowest BCUT2D eigenvalue weighted by Crippen LogP contribution is -2.24. The molecule has 6 nitrogen and oxygen atoms in total. The van der Waals surface area contributed by atoms with E-state index in [9.17, 15) is 4.79 Å². The number of amides is 1. The standard InChI is InChI=1S/C13H16N4O2/c1-9(2)11-14-12(16-15-11)13(18)17-19-8-10-6-4-3-5-7-10/h3-7,9H,8H2,1-2H3,(H,17,18)(H,14,15,16). The molecular formula is C13H16N4O2. The summed E-state index contributed by atoms with van der Waals surface area (Å²) in [6.45, 7) is 4.23. The molecule has 19 heavy (non-hydrogen) atoms. The van der Waals surface area contributed by atoms with Crippen molar-refractivity contribution in [2.75, 3.05) is 0 Å². The van der Waals surface area contributed by atoms with Crippen molar-refractivity contribution in [1.82, 2.24) is 20.7 Å². The van der Waals surface area contributed by atoms with E-state index in [1.807, 2.05) is 44.2 Å². The zero-order valence-corrected chi connectivity index (χ0v) is 10.9. The second kappa shape index (κ2) is 6.10. The van der Waals surface area contributed by atoms with E-state index >= 15 is 0 Å². The summed E-state index contributed by atoms with van der Waals surface area (Å²) in [7, 11) is 0. The summed E-state index contributed by atoms with van der Waals surface area (Å²) in [5.41, 5.74) is 3.29. The molecule has 2 N–H and O–H groups in total. The van der Waals surface area contributed by atoms with Gasteiger partial charge in [-0.1, -0.05) is 44.2 Å². The molecule has 0 radical (unpaired) electrons. The maximum absolute atomic E-state index is 11.7. The number of nitrogens with one attached hydrogen (secondary N) is 2. The number of carbonyl (C=O) groups excluding carboxylic acids is 1. The number of hydrogen-bond donors (Lipinski definition) is 2. The Morgan fingerprint density at radius 3 is 2.74 bits per heavy atom. The fourth-order valence-electron chi connectivity index (χ4n) is 1.44. The van der Waals surface area contributed by atoms with Gasteiger partial charge in [-0.15, -0.1) is 5.10 Å². The second-order valence-corrected chi connectivity index (χ2v) is 4.40. The minimum absolute atomic E-state index is 0.0803. The molecule has 0 spiro atoms. The molecule has 0 bridgehead atoms. The van der Waals surface area contributed by atoms with E-state index in [2.05, 4.69) is 20.7 Å². The Labute approximate surface area is 111 Å². The van der Waals surface area contributed by atoms with Crippen LogP contribution in [0.25, 0.3) is 0 Å². The fraction of sp³-hybridized carbons (Fsp3) is 0.308. The highest BCUT2D eigenvalue weighted by atomic mass is 16.6. The van der Waals surface area contributed by atoms with Crippen molar-refractivity contribution in [2.24, 2.45) is 0 Å². The Hall–Kier alpha value is -2.21. The van der Waals surface area contributed by atoms with Crippen LogP contribution in [0.3, 0.4) is 0 Å². The predicted octanol–water partition coefficient (Wildman–Crippen LogP) is 1.79. The average molecular weight is 260 g/mol. The van der Waals surface area contributed by atoms with Crippen LogP contribution in [0.2, 0.25) is 0 Å². The highest BCUT2D eigenvalue weighted by Crippen LogP contribution is 2.07. The fourth-order valence-corrected chi connectivity index (χ4v) is 1.44. The number of carbonyl (C=O) groups is 1. The van der Waals surface area contributed by atoms with Gasteiger partial charge in [-0.2, -0.15) is 0 Å². The number of hydrogen-bond acceptors (Lipinski definition) is 4. The van der Waals surface area contributed by atoms with E-state index in [1.54, 1.807) is 0 Å². The highest BCUT2D eigenvalue weighted by Gasteiger charge is 2.13. The molecule has 2 rings (SSSR count). The molecule has 1 heterocycles. The first-order valence-corrected chi connectivity index (χ1v) is 6.05. The van der Waals surface area contributed by atoms with Crippen LogP contribution in [-0.2, 0) is 11.4 Å². The third-order valence-corrected chi connectivity index (χ3v) is 2.50. The molecule has 0 fully saturated rings. The first kappa shape index (κ1) is 13.2. The lowest BCUT2D eigenvalue weighted by molar-refractivity contribution is 0.0225. The van der Waals surface area contributed by atoms with E-state index in [4.69, 9.17) is 4.84 Å². The van der Waals surface area contributed by atoms with Gasteiger partial charge >= 0.3 is 5.91 Å². The molecule has 1 aromatic heterocycles. The van der Waals surface area contributed by atoms with Gasteiger partial charge in [0.2, 0.25) is 5.82 Å². The molecule has 0 aliphatic carbocycles. The normalized spacial score (nSPS) is 10.7. The zero-order chi connectivity index (χ0) is 13.7. The highest BCUT2D eigenvalue weighted by molar-refractivity contribution is 5.89. The Balaban J connectivity index is 1.84. The van der Waals surface area contributed by atoms with Crippen LogP contribution in [0.5, 0.6) is 0 Å². The molecule has 0 aliphatic heterocycles. The van der Waals surface area contributed by atoms with Crippen molar-refractivity contribution in [3.05, 3.63) is 47.5 Å². The van der Waals surface area contributed by atoms with Gasteiger partial charge in [0, 0.05) is 5.92 Å². The molecule has 0 saturated heterocycles. The number of aromatic nitrogens is 3. The van der Waals surface area contributed by atoms with Crippen molar-refractivity contribution < 1.29 is 9.63 Å². The molecule has 1 amide bonds. The number of rotatable bonds is 5.